The second-order valence-electron chi connectivity index (χ2n) is 7.92. The molecule has 0 aliphatic carbocycles. The van der Waals surface area contributed by atoms with Crippen LogP contribution in [0.5, 0.6) is 0 Å². The molecule has 5 rings (SSSR count). The number of carbonyl (C=O) groups excluding carboxylic acids is 1. The zero-order valence-electron chi connectivity index (χ0n) is 17.7. The SMILES string of the molecule is Cc1cc(-c2ccc(N3CCCN(c4ccnc5sc(C(N)=O)c(N)c45)CC3)cc2)no1. The number of benzene rings is 1. The van der Waals surface area contributed by atoms with E-state index in [0.717, 1.165) is 65.5 Å². The Hall–Kier alpha value is -3.59. The predicted octanol–water partition coefficient (Wildman–Crippen LogP) is 3.66. The van der Waals surface area contributed by atoms with Crippen LogP contribution in [0.15, 0.2) is 47.1 Å². The smallest absolute Gasteiger partial charge is 0.260 e. The molecule has 1 aliphatic rings. The second-order valence-corrected chi connectivity index (χ2v) is 8.92. The van der Waals surface area contributed by atoms with Crippen LogP contribution in [0.25, 0.3) is 21.5 Å². The molecule has 0 atom stereocenters. The molecular formula is C23H24N6O2S. The number of carbonyl (C=O) groups is 1. The van der Waals surface area contributed by atoms with E-state index < -0.39 is 5.91 Å². The van der Waals surface area contributed by atoms with Crippen molar-refractivity contribution < 1.29 is 9.32 Å². The molecular weight excluding hydrogens is 424 g/mol. The number of pyridine rings is 1. The zero-order valence-corrected chi connectivity index (χ0v) is 18.6. The van der Waals surface area contributed by atoms with Gasteiger partial charge in [0.2, 0.25) is 0 Å². The number of anilines is 3. The van der Waals surface area contributed by atoms with Gasteiger partial charge in [-0.05, 0) is 31.5 Å². The first-order valence-corrected chi connectivity index (χ1v) is 11.3. The molecule has 4 N–H and O–H groups in total. The molecule has 3 aromatic heterocycles. The number of hydrogen-bond acceptors (Lipinski definition) is 8. The monoisotopic (exact) mass is 448 g/mol. The zero-order chi connectivity index (χ0) is 22.2. The number of primary amides is 1. The highest BCUT2D eigenvalue weighted by Gasteiger charge is 2.22. The number of nitrogen functional groups attached to an aromatic ring is 1. The summed E-state index contributed by atoms with van der Waals surface area (Å²) >= 11 is 1.25. The van der Waals surface area contributed by atoms with E-state index >= 15 is 0 Å². The van der Waals surface area contributed by atoms with Crippen LogP contribution in [0.1, 0.15) is 21.9 Å². The van der Waals surface area contributed by atoms with Crippen LogP contribution in [0.2, 0.25) is 0 Å². The van der Waals surface area contributed by atoms with E-state index in [4.69, 9.17) is 16.0 Å². The summed E-state index contributed by atoms with van der Waals surface area (Å²) in [6, 6.07) is 12.3. The fourth-order valence-electron chi connectivity index (χ4n) is 4.24. The van der Waals surface area contributed by atoms with E-state index in [2.05, 4.69) is 44.2 Å². The van der Waals surface area contributed by atoms with Crippen molar-refractivity contribution in [2.45, 2.75) is 13.3 Å². The Bertz CT molecular complexity index is 1280. The van der Waals surface area contributed by atoms with E-state index in [1.165, 1.54) is 17.0 Å². The Kier molecular flexibility index (Phi) is 5.18. The summed E-state index contributed by atoms with van der Waals surface area (Å²) < 4.78 is 5.19. The lowest BCUT2D eigenvalue weighted by Crippen LogP contribution is -2.30. The Morgan fingerprint density at radius 2 is 1.84 bits per heavy atom. The normalized spacial score (nSPS) is 14.7. The van der Waals surface area contributed by atoms with E-state index in [1.54, 1.807) is 6.20 Å². The van der Waals surface area contributed by atoms with Crippen LogP contribution in [0.4, 0.5) is 17.1 Å². The van der Waals surface area contributed by atoms with Crippen LogP contribution in [0.3, 0.4) is 0 Å². The van der Waals surface area contributed by atoms with Crippen molar-refractivity contribution in [2.75, 3.05) is 41.7 Å². The van der Waals surface area contributed by atoms with E-state index in [1.807, 2.05) is 19.1 Å². The molecule has 8 nitrogen and oxygen atoms in total. The van der Waals surface area contributed by atoms with Crippen LogP contribution < -0.4 is 21.3 Å². The fraction of sp³-hybridized carbons (Fsp3) is 0.261. The van der Waals surface area contributed by atoms with Crippen molar-refractivity contribution >= 4 is 44.5 Å². The highest BCUT2D eigenvalue weighted by Crippen LogP contribution is 2.38. The number of aryl methyl sites for hydroxylation is 1. The summed E-state index contributed by atoms with van der Waals surface area (Å²) in [7, 11) is 0. The third kappa shape index (κ3) is 3.64. The Morgan fingerprint density at radius 1 is 1.09 bits per heavy atom. The summed E-state index contributed by atoms with van der Waals surface area (Å²) in [5.74, 6) is 0.291. The lowest BCUT2D eigenvalue weighted by atomic mass is 10.1. The van der Waals surface area contributed by atoms with Crippen LogP contribution in [-0.2, 0) is 0 Å². The average molecular weight is 449 g/mol. The molecule has 4 aromatic rings. The summed E-state index contributed by atoms with van der Waals surface area (Å²) in [5.41, 5.74) is 16.3. The fourth-order valence-corrected chi connectivity index (χ4v) is 5.17. The number of rotatable bonds is 4. The quantitative estimate of drug-likeness (QED) is 0.490. The van der Waals surface area contributed by atoms with E-state index in [-0.39, 0.29) is 0 Å². The molecule has 32 heavy (non-hydrogen) atoms. The van der Waals surface area contributed by atoms with Gasteiger partial charge in [-0.3, -0.25) is 4.79 Å². The molecule has 4 heterocycles. The minimum atomic E-state index is -0.511. The summed E-state index contributed by atoms with van der Waals surface area (Å²) in [6.07, 6.45) is 2.77. The number of aromatic nitrogens is 2. The van der Waals surface area contributed by atoms with Crippen molar-refractivity contribution in [2.24, 2.45) is 5.73 Å². The largest absolute Gasteiger partial charge is 0.397 e. The maximum atomic E-state index is 11.7. The van der Waals surface area contributed by atoms with Gasteiger partial charge in [0, 0.05) is 49.7 Å². The molecule has 1 saturated heterocycles. The molecule has 1 amide bonds. The highest BCUT2D eigenvalue weighted by molar-refractivity contribution is 7.21. The van der Waals surface area contributed by atoms with Gasteiger partial charge in [0.1, 0.15) is 21.2 Å². The van der Waals surface area contributed by atoms with Gasteiger partial charge in [0.15, 0.2) is 0 Å². The third-order valence-corrected chi connectivity index (χ3v) is 6.95. The van der Waals surface area contributed by atoms with Gasteiger partial charge in [-0.25, -0.2) is 4.98 Å². The van der Waals surface area contributed by atoms with Crippen molar-refractivity contribution in [3.8, 4) is 11.3 Å². The summed E-state index contributed by atoms with van der Waals surface area (Å²) in [5, 5.41) is 4.92. The second kappa shape index (κ2) is 8.16. The molecule has 1 fully saturated rings. The number of nitrogens with two attached hydrogens (primary N) is 2. The molecule has 0 saturated carbocycles. The molecule has 164 valence electrons. The predicted molar refractivity (Wildman–Crippen MR) is 128 cm³/mol. The van der Waals surface area contributed by atoms with Gasteiger partial charge in [0.25, 0.3) is 5.91 Å². The first-order chi connectivity index (χ1) is 15.5. The number of fused-ring (bicyclic) bond motifs is 1. The summed E-state index contributed by atoms with van der Waals surface area (Å²) in [6.45, 7) is 5.46. The van der Waals surface area contributed by atoms with E-state index in [9.17, 15) is 4.79 Å². The lowest BCUT2D eigenvalue weighted by Gasteiger charge is -2.25. The van der Waals surface area contributed by atoms with Crippen LogP contribution >= 0.6 is 11.3 Å². The first kappa shape index (κ1) is 20.3. The number of thiophene rings is 1. The van der Waals surface area contributed by atoms with Gasteiger partial charge in [-0.1, -0.05) is 17.3 Å². The van der Waals surface area contributed by atoms with Gasteiger partial charge < -0.3 is 25.8 Å². The first-order valence-electron chi connectivity index (χ1n) is 10.5. The van der Waals surface area contributed by atoms with E-state index in [0.29, 0.717) is 10.6 Å². The average Bonchev–Trinajstić information content (AvgIpc) is 3.28. The molecule has 1 aromatic carbocycles. The Balaban J connectivity index is 1.36. The maximum Gasteiger partial charge on any atom is 0.260 e. The van der Waals surface area contributed by atoms with Crippen molar-refractivity contribution in [3.63, 3.8) is 0 Å². The van der Waals surface area contributed by atoms with Gasteiger partial charge in [-0.15, -0.1) is 11.3 Å². The van der Waals surface area contributed by atoms with Crippen molar-refractivity contribution in [1.29, 1.82) is 0 Å². The topological polar surface area (TPSA) is 115 Å². The Morgan fingerprint density at radius 3 is 2.56 bits per heavy atom. The number of hydrogen-bond donors (Lipinski definition) is 2. The molecule has 0 bridgehead atoms. The highest BCUT2D eigenvalue weighted by atomic mass is 32.1. The molecule has 0 radical (unpaired) electrons. The van der Waals surface area contributed by atoms with Gasteiger partial charge >= 0.3 is 0 Å². The van der Waals surface area contributed by atoms with Crippen molar-refractivity contribution in [1.82, 2.24) is 10.1 Å². The molecule has 0 spiro atoms. The number of nitrogens with zero attached hydrogens (tertiary/aromatic N) is 4. The standard InChI is InChI=1S/C23H24N6O2S/c1-14-13-17(27-31-14)15-3-5-16(6-4-15)28-9-2-10-29(12-11-28)18-7-8-26-23-19(18)20(24)21(32-23)22(25)30/h3-8,13H,2,9-12,24H2,1H3,(H2,25,30). The minimum Gasteiger partial charge on any atom is -0.397 e. The molecule has 1 aliphatic heterocycles. The maximum absolute atomic E-state index is 11.7. The van der Waals surface area contributed by atoms with Gasteiger partial charge in [-0.2, -0.15) is 0 Å². The number of amides is 1. The van der Waals surface area contributed by atoms with Crippen LogP contribution in [-0.4, -0.2) is 42.2 Å². The molecule has 0 unspecified atom stereocenters. The van der Waals surface area contributed by atoms with Crippen LogP contribution in [0, 0.1) is 6.92 Å². The van der Waals surface area contributed by atoms with Crippen molar-refractivity contribution in [3.05, 3.63) is 53.2 Å². The summed E-state index contributed by atoms with van der Waals surface area (Å²) in [4.78, 5) is 22.0. The van der Waals surface area contributed by atoms with Gasteiger partial charge in [0.05, 0.1) is 16.8 Å². The minimum absolute atomic E-state index is 0.374. The Labute approximate surface area is 189 Å². The third-order valence-electron chi connectivity index (χ3n) is 5.82. The lowest BCUT2D eigenvalue weighted by molar-refractivity contribution is 0.100. The molecule has 9 heteroatoms.